The number of thiophene rings is 1. The first-order valence-electron chi connectivity index (χ1n) is 5.67. The minimum absolute atomic E-state index is 0.512. The number of rotatable bonds is 4. The van der Waals surface area contributed by atoms with Crippen LogP contribution in [-0.4, -0.2) is 34.3 Å². The van der Waals surface area contributed by atoms with E-state index < -0.39 is 0 Å². The quantitative estimate of drug-likeness (QED) is 0.533. The lowest BCUT2D eigenvalue weighted by Gasteiger charge is -2.03. The predicted molar refractivity (Wildman–Crippen MR) is 86.2 cm³/mol. The minimum Gasteiger partial charge on any atom is -0.353 e. The Balaban J connectivity index is 1.75. The molecular weight excluding hydrogens is 334 g/mol. The van der Waals surface area contributed by atoms with Crippen molar-refractivity contribution in [1.82, 2.24) is 20.2 Å². The molecule has 0 aliphatic rings. The maximum absolute atomic E-state index is 6.15. The lowest BCUT2D eigenvalue weighted by atomic mass is 10.4. The van der Waals surface area contributed by atoms with E-state index in [4.69, 9.17) is 11.6 Å². The lowest BCUT2D eigenvalue weighted by molar-refractivity contribution is 0.970. The van der Waals surface area contributed by atoms with Crippen LogP contribution >= 0.6 is 46.0 Å². The van der Waals surface area contributed by atoms with Crippen LogP contribution < -0.4 is 4.90 Å². The standard InChI is InChI=1S/C11H10ClN5S3/c1-17(2)10-15-16-11(20-10)19-5-7-13-8(12)6-3-4-18-9(6)14-7/h3-4H,5H2,1-2H3. The Morgan fingerprint density at radius 1 is 1.30 bits per heavy atom. The molecule has 0 spiro atoms. The Kier molecular flexibility index (Phi) is 4.06. The summed E-state index contributed by atoms with van der Waals surface area (Å²) >= 11 is 10.8. The number of nitrogens with zero attached hydrogens (tertiary/aromatic N) is 5. The number of anilines is 1. The van der Waals surface area contributed by atoms with E-state index >= 15 is 0 Å². The average Bonchev–Trinajstić information content (AvgIpc) is 3.05. The van der Waals surface area contributed by atoms with E-state index in [1.54, 1.807) is 34.4 Å². The summed E-state index contributed by atoms with van der Waals surface area (Å²) in [6, 6.07) is 1.94. The van der Waals surface area contributed by atoms with Crippen molar-refractivity contribution in [2.24, 2.45) is 0 Å². The van der Waals surface area contributed by atoms with Crippen molar-refractivity contribution >= 4 is 61.4 Å². The smallest absolute Gasteiger partial charge is 0.208 e. The van der Waals surface area contributed by atoms with Gasteiger partial charge in [-0.2, -0.15) is 0 Å². The largest absolute Gasteiger partial charge is 0.353 e. The third-order valence-corrected chi connectivity index (χ3v) is 5.74. The third-order valence-electron chi connectivity index (χ3n) is 2.43. The fourth-order valence-electron chi connectivity index (χ4n) is 1.49. The van der Waals surface area contributed by atoms with E-state index in [1.165, 1.54) is 0 Å². The Morgan fingerprint density at radius 2 is 2.15 bits per heavy atom. The van der Waals surface area contributed by atoms with Crippen LogP contribution in [-0.2, 0) is 5.75 Å². The molecule has 3 aromatic rings. The zero-order chi connectivity index (χ0) is 14.1. The van der Waals surface area contributed by atoms with Crippen molar-refractivity contribution in [1.29, 1.82) is 0 Å². The van der Waals surface area contributed by atoms with Gasteiger partial charge in [-0.25, -0.2) is 9.97 Å². The second-order valence-corrected chi connectivity index (χ2v) is 7.53. The number of thioether (sulfide) groups is 1. The molecule has 0 saturated heterocycles. The normalized spacial score (nSPS) is 11.2. The first-order valence-corrected chi connectivity index (χ1v) is 8.72. The molecule has 20 heavy (non-hydrogen) atoms. The summed E-state index contributed by atoms with van der Waals surface area (Å²) in [5.74, 6) is 1.35. The summed E-state index contributed by atoms with van der Waals surface area (Å²) < 4.78 is 0.902. The molecule has 0 N–H and O–H groups in total. The first kappa shape index (κ1) is 14.0. The van der Waals surface area contributed by atoms with E-state index in [0.29, 0.717) is 10.9 Å². The van der Waals surface area contributed by atoms with Crippen LogP contribution in [0, 0.1) is 0 Å². The van der Waals surface area contributed by atoms with Crippen molar-refractivity contribution in [3.05, 3.63) is 22.4 Å². The molecule has 0 bridgehead atoms. The maximum Gasteiger partial charge on any atom is 0.208 e. The fraction of sp³-hybridized carbons (Fsp3) is 0.273. The number of fused-ring (bicyclic) bond motifs is 1. The summed E-state index contributed by atoms with van der Waals surface area (Å²) in [5.41, 5.74) is 0. The van der Waals surface area contributed by atoms with Crippen molar-refractivity contribution in [2.75, 3.05) is 19.0 Å². The number of aromatic nitrogens is 4. The van der Waals surface area contributed by atoms with Crippen molar-refractivity contribution in [3.8, 4) is 0 Å². The maximum atomic E-state index is 6.15. The topological polar surface area (TPSA) is 54.8 Å². The third kappa shape index (κ3) is 2.88. The van der Waals surface area contributed by atoms with Gasteiger partial charge in [-0.3, -0.25) is 0 Å². The van der Waals surface area contributed by atoms with Gasteiger partial charge in [-0.05, 0) is 11.4 Å². The van der Waals surface area contributed by atoms with Gasteiger partial charge in [0.25, 0.3) is 0 Å². The van der Waals surface area contributed by atoms with Crippen LogP contribution in [0.1, 0.15) is 5.82 Å². The molecule has 0 fully saturated rings. The number of hydrogen-bond acceptors (Lipinski definition) is 8. The lowest BCUT2D eigenvalue weighted by Crippen LogP contribution is -2.07. The second-order valence-electron chi connectivity index (χ2n) is 4.10. The zero-order valence-electron chi connectivity index (χ0n) is 10.7. The number of hydrogen-bond donors (Lipinski definition) is 0. The molecule has 104 valence electrons. The molecule has 5 nitrogen and oxygen atoms in total. The van der Waals surface area contributed by atoms with Crippen LogP contribution in [0.15, 0.2) is 15.8 Å². The highest BCUT2D eigenvalue weighted by atomic mass is 35.5. The summed E-state index contributed by atoms with van der Waals surface area (Å²) in [6.45, 7) is 0. The van der Waals surface area contributed by atoms with Crippen molar-refractivity contribution in [3.63, 3.8) is 0 Å². The second kappa shape index (κ2) is 5.80. The molecule has 0 saturated carbocycles. The molecule has 3 aromatic heterocycles. The molecule has 0 atom stereocenters. The van der Waals surface area contributed by atoms with Crippen LogP contribution in [0.25, 0.3) is 10.2 Å². The monoisotopic (exact) mass is 343 g/mol. The molecule has 9 heteroatoms. The molecule has 0 aliphatic carbocycles. The highest BCUT2D eigenvalue weighted by Gasteiger charge is 2.10. The Labute approximate surface area is 133 Å². The van der Waals surface area contributed by atoms with Gasteiger partial charge in [-0.1, -0.05) is 34.7 Å². The molecule has 0 radical (unpaired) electrons. The van der Waals surface area contributed by atoms with Gasteiger partial charge in [-0.15, -0.1) is 21.5 Å². The van der Waals surface area contributed by atoms with Crippen LogP contribution in [0.2, 0.25) is 5.15 Å². The molecule has 3 rings (SSSR count). The van der Waals surface area contributed by atoms with Gasteiger partial charge in [0, 0.05) is 19.5 Å². The zero-order valence-corrected chi connectivity index (χ0v) is 13.9. The molecule has 3 heterocycles. The van der Waals surface area contributed by atoms with Crippen LogP contribution in [0.3, 0.4) is 0 Å². The fourth-order valence-corrected chi connectivity index (χ4v) is 4.20. The van der Waals surface area contributed by atoms with E-state index in [2.05, 4.69) is 20.2 Å². The minimum atomic E-state index is 0.512. The Morgan fingerprint density at radius 3 is 2.90 bits per heavy atom. The highest BCUT2D eigenvalue weighted by Crippen LogP contribution is 2.30. The van der Waals surface area contributed by atoms with E-state index in [-0.39, 0.29) is 0 Å². The van der Waals surface area contributed by atoms with Gasteiger partial charge in [0.2, 0.25) is 5.13 Å². The SMILES string of the molecule is CN(C)c1nnc(SCc2nc(Cl)c3ccsc3n2)s1. The van der Waals surface area contributed by atoms with Crippen LogP contribution in [0.5, 0.6) is 0 Å². The average molecular weight is 344 g/mol. The van der Waals surface area contributed by atoms with E-state index in [9.17, 15) is 0 Å². The molecule has 0 amide bonds. The highest BCUT2D eigenvalue weighted by molar-refractivity contribution is 8.00. The molecule has 0 unspecified atom stereocenters. The van der Waals surface area contributed by atoms with Crippen molar-refractivity contribution < 1.29 is 0 Å². The molecule has 0 aromatic carbocycles. The van der Waals surface area contributed by atoms with Gasteiger partial charge in [0.05, 0.1) is 5.75 Å². The Bertz CT molecular complexity index is 739. The van der Waals surface area contributed by atoms with Gasteiger partial charge < -0.3 is 4.90 Å². The van der Waals surface area contributed by atoms with Gasteiger partial charge >= 0.3 is 0 Å². The van der Waals surface area contributed by atoms with Gasteiger partial charge in [0.1, 0.15) is 15.8 Å². The Hall–Kier alpha value is -0.960. The van der Waals surface area contributed by atoms with Crippen LogP contribution in [0.4, 0.5) is 5.13 Å². The van der Waals surface area contributed by atoms with E-state index in [0.717, 1.165) is 25.5 Å². The van der Waals surface area contributed by atoms with Gasteiger partial charge in [0.15, 0.2) is 4.34 Å². The van der Waals surface area contributed by atoms with E-state index in [1.807, 2.05) is 30.4 Å². The summed E-state index contributed by atoms with van der Waals surface area (Å²) in [5, 5.41) is 12.5. The first-order chi connectivity index (χ1) is 9.63. The predicted octanol–water partition coefficient (Wildman–Crippen LogP) is 3.55. The summed E-state index contributed by atoms with van der Waals surface area (Å²) in [7, 11) is 3.89. The van der Waals surface area contributed by atoms with Crippen molar-refractivity contribution in [2.45, 2.75) is 10.1 Å². The number of halogens is 1. The summed E-state index contributed by atoms with van der Waals surface area (Å²) in [4.78, 5) is 11.7. The summed E-state index contributed by atoms with van der Waals surface area (Å²) in [6.07, 6.45) is 0. The molecular formula is C11H10ClN5S3. The molecule has 0 aliphatic heterocycles.